The van der Waals surface area contributed by atoms with Crippen LogP contribution in [0.2, 0.25) is 5.02 Å². The van der Waals surface area contributed by atoms with Crippen molar-refractivity contribution in [2.24, 2.45) is 5.73 Å². The largest absolute Gasteiger partial charge is 0.324 e. The van der Waals surface area contributed by atoms with E-state index in [1.165, 1.54) is 5.56 Å². The summed E-state index contributed by atoms with van der Waals surface area (Å²) in [5.74, 6) is 0. The molecule has 1 atom stereocenters. The van der Waals surface area contributed by atoms with Gasteiger partial charge < -0.3 is 5.73 Å². The molecular weight excluding hydrogens is 226 g/mol. The summed E-state index contributed by atoms with van der Waals surface area (Å²) in [5.41, 5.74) is 8.52. The Hall–Kier alpha value is -0.830. The molecule has 2 rings (SSSR count). The number of hydrogen-bond donors (Lipinski definition) is 1. The highest BCUT2D eigenvalue weighted by molar-refractivity contribution is 7.07. The van der Waals surface area contributed by atoms with Gasteiger partial charge in [0.2, 0.25) is 0 Å². The molecule has 0 aliphatic heterocycles. The molecule has 2 aromatic rings. The second-order valence-corrected chi connectivity index (χ2v) is 4.71. The molecule has 0 radical (unpaired) electrons. The van der Waals surface area contributed by atoms with Crippen LogP contribution in [0.1, 0.15) is 17.2 Å². The van der Waals surface area contributed by atoms with Crippen LogP contribution in [0.3, 0.4) is 0 Å². The minimum atomic E-state index is 0.0527. The summed E-state index contributed by atoms with van der Waals surface area (Å²) >= 11 is 7.52. The molecule has 78 valence electrons. The lowest BCUT2D eigenvalue weighted by Crippen LogP contribution is -2.12. The van der Waals surface area contributed by atoms with Crippen LogP contribution >= 0.6 is 22.9 Å². The molecule has 1 unspecified atom stereocenters. The molecule has 0 spiro atoms. The predicted molar refractivity (Wildman–Crippen MR) is 66.4 cm³/mol. The van der Waals surface area contributed by atoms with Crippen molar-refractivity contribution in [3.63, 3.8) is 0 Å². The smallest absolute Gasteiger partial charge is 0.0406 e. The van der Waals surface area contributed by atoms with E-state index in [-0.39, 0.29) is 6.04 Å². The van der Waals surface area contributed by atoms with Crippen molar-refractivity contribution in [1.82, 2.24) is 0 Å². The van der Waals surface area contributed by atoms with Crippen LogP contribution in [0.5, 0.6) is 0 Å². The van der Waals surface area contributed by atoms with Gasteiger partial charge in [-0.3, -0.25) is 0 Å². The van der Waals surface area contributed by atoms with Gasteiger partial charge in [-0.25, -0.2) is 0 Å². The molecule has 0 aliphatic rings. The van der Waals surface area contributed by atoms with Crippen LogP contribution in [-0.4, -0.2) is 0 Å². The van der Waals surface area contributed by atoms with E-state index in [4.69, 9.17) is 17.3 Å². The Labute approximate surface area is 98.5 Å². The molecule has 0 bridgehead atoms. The van der Waals surface area contributed by atoms with E-state index in [9.17, 15) is 0 Å². The van der Waals surface area contributed by atoms with E-state index < -0.39 is 0 Å². The quantitative estimate of drug-likeness (QED) is 0.867. The first-order chi connectivity index (χ1) is 7.25. The Morgan fingerprint density at radius 2 is 1.93 bits per heavy atom. The predicted octanol–water partition coefficient (Wildman–Crippen LogP) is 3.64. The summed E-state index contributed by atoms with van der Waals surface area (Å²) in [6, 6.07) is 9.89. The van der Waals surface area contributed by atoms with Crippen LogP contribution in [0.25, 0.3) is 0 Å². The second-order valence-electron chi connectivity index (χ2n) is 3.49. The van der Waals surface area contributed by atoms with Gasteiger partial charge in [0.25, 0.3) is 0 Å². The lowest BCUT2D eigenvalue weighted by atomic mass is 10.0. The summed E-state index contributed by atoms with van der Waals surface area (Å²) in [6.45, 7) is 0. The van der Waals surface area contributed by atoms with Gasteiger partial charge in [-0.2, -0.15) is 11.3 Å². The van der Waals surface area contributed by atoms with Gasteiger partial charge in [-0.1, -0.05) is 23.7 Å². The molecule has 1 aromatic heterocycles. The zero-order valence-corrected chi connectivity index (χ0v) is 9.76. The number of halogens is 1. The molecule has 0 saturated heterocycles. The van der Waals surface area contributed by atoms with Crippen LogP contribution < -0.4 is 5.73 Å². The Morgan fingerprint density at radius 1 is 1.20 bits per heavy atom. The number of benzene rings is 1. The number of rotatable bonds is 3. The van der Waals surface area contributed by atoms with Crippen molar-refractivity contribution in [3.8, 4) is 0 Å². The topological polar surface area (TPSA) is 26.0 Å². The zero-order chi connectivity index (χ0) is 10.7. The fourth-order valence-electron chi connectivity index (χ4n) is 1.49. The van der Waals surface area contributed by atoms with Crippen LogP contribution in [0.15, 0.2) is 41.1 Å². The number of nitrogens with two attached hydrogens (primary N) is 1. The van der Waals surface area contributed by atoms with Crippen LogP contribution in [0, 0.1) is 0 Å². The number of hydrogen-bond acceptors (Lipinski definition) is 2. The van der Waals surface area contributed by atoms with Gasteiger partial charge in [0.1, 0.15) is 0 Å². The number of thiophene rings is 1. The van der Waals surface area contributed by atoms with E-state index >= 15 is 0 Å². The van der Waals surface area contributed by atoms with Crippen LogP contribution in [-0.2, 0) is 6.42 Å². The van der Waals surface area contributed by atoms with E-state index in [1.807, 2.05) is 24.3 Å². The van der Waals surface area contributed by atoms with Crippen molar-refractivity contribution in [2.45, 2.75) is 12.5 Å². The summed E-state index contributed by atoms with van der Waals surface area (Å²) < 4.78 is 0. The van der Waals surface area contributed by atoms with Gasteiger partial charge in [-0.15, -0.1) is 0 Å². The minimum absolute atomic E-state index is 0.0527. The van der Waals surface area contributed by atoms with Gasteiger partial charge in [0.15, 0.2) is 0 Å². The summed E-state index contributed by atoms with van der Waals surface area (Å²) in [6.07, 6.45) is 0.880. The van der Waals surface area contributed by atoms with Crippen molar-refractivity contribution < 1.29 is 0 Å². The lowest BCUT2D eigenvalue weighted by molar-refractivity contribution is 0.724. The molecule has 1 nitrogen and oxygen atoms in total. The SMILES string of the molecule is NC(Cc1ccsc1)c1ccc(Cl)cc1. The minimum Gasteiger partial charge on any atom is -0.324 e. The van der Waals surface area contributed by atoms with Gasteiger partial charge >= 0.3 is 0 Å². The molecule has 0 fully saturated rings. The average Bonchev–Trinajstić information content (AvgIpc) is 2.71. The molecule has 0 saturated carbocycles. The summed E-state index contributed by atoms with van der Waals surface area (Å²) in [4.78, 5) is 0. The fraction of sp³-hybridized carbons (Fsp3) is 0.167. The van der Waals surface area contributed by atoms with E-state index in [1.54, 1.807) is 11.3 Å². The first-order valence-corrected chi connectivity index (χ1v) is 6.10. The standard InChI is InChI=1S/C12H12ClNS/c13-11-3-1-10(2-4-11)12(14)7-9-5-6-15-8-9/h1-6,8,12H,7,14H2. The highest BCUT2D eigenvalue weighted by Crippen LogP contribution is 2.19. The Kier molecular flexibility index (Phi) is 3.41. The fourth-order valence-corrected chi connectivity index (χ4v) is 2.30. The molecule has 2 N–H and O–H groups in total. The van der Waals surface area contributed by atoms with E-state index in [2.05, 4.69) is 16.8 Å². The normalized spacial score (nSPS) is 12.7. The molecular formula is C12H12ClNS. The molecule has 1 aromatic carbocycles. The first-order valence-electron chi connectivity index (χ1n) is 4.78. The van der Waals surface area contributed by atoms with Crippen molar-refractivity contribution in [1.29, 1.82) is 0 Å². The summed E-state index contributed by atoms with van der Waals surface area (Å²) in [7, 11) is 0. The van der Waals surface area contributed by atoms with E-state index in [0.29, 0.717) is 0 Å². The Bertz CT molecular complexity index is 408. The third-order valence-corrected chi connectivity index (χ3v) is 3.32. The molecule has 1 heterocycles. The Balaban J connectivity index is 2.08. The first kappa shape index (κ1) is 10.7. The van der Waals surface area contributed by atoms with Crippen molar-refractivity contribution in [3.05, 3.63) is 57.2 Å². The van der Waals surface area contributed by atoms with Crippen LogP contribution in [0.4, 0.5) is 0 Å². The molecule has 3 heteroatoms. The third kappa shape index (κ3) is 2.81. The maximum absolute atomic E-state index is 6.10. The maximum Gasteiger partial charge on any atom is 0.0406 e. The molecule has 15 heavy (non-hydrogen) atoms. The monoisotopic (exact) mass is 237 g/mol. The molecule has 0 aliphatic carbocycles. The average molecular weight is 238 g/mol. The maximum atomic E-state index is 6.10. The highest BCUT2D eigenvalue weighted by Gasteiger charge is 2.06. The van der Waals surface area contributed by atoms with Crippen molar-refractivity contribution in [2.75, 3.05) is 0 Å². The Morgan fingerprint density at radius 3 is 2.53 bits per heavy atom. The zero-order valence-electron chi connectivity index (χ0n) is 8.19. The van der Waals surface area contributed by atoms with Crippen molar-refractivity contribution >= 4 is 22.9 Å². The third-order valence-electron chi connectivity index (χ3n) is 2.33. The lowest BCUT2D eigenvalue weighted by Gasteiger charge is -2.10. The second kappa shape index (κ2) is 4.79. The van der Waals surface area contributed by atoms with Gasteiger partial charge in [-0.05, 0) is 46.5 Å². The molecule has 0 amide bonds. The van der Waals surface area contributed by atoms with Gasteiger partial charge in [0.05, 0.1) is 0 Å². The highest BCUT2D eigenvalue weighted by atomic mass is 35.5. The summed E-state index contributed by atoms with van der Waals surface area (Å²) in [5, 5.41) is 4.96. The van der Waals surface area contributed by atoms with E-state index in [0.717, 1.165) is 17.0 Å². The van der Waals surface area contributed by atoms with Gasteiger partial charge in [0, 0.05) is 11.1 Å².